The molecule has 414 valence electrons. The summed E-state index contributed by atoms with van der Waals surface area (Å²) < 4.78 is 1.21. The molecule has 1 aromatic carbocycles. The van der Waals surface area contributed by atoms with E-state index in [9.17, 15) is 43.5 Å². The first-order valence-electron chi connectivity index (χ1n) is 25.2. The monoisotopic (exact) mass is 1080 g/mol. The molecule has 0 saturated heterocycles. The molecule has 4 aromatic rings. The highest BCUT2D eigenvalue weighted by atomic mass is 32.2. The molecule has 2 bridgehead atoms. The Hall–Kier alpha value is -7.59. The molecule has 0 radical (unpaired) electrons. The van der Waals surface area contributed by atoms with Crippen LogP contribution in [0.5, 0.6) is 0 Å². The number of unbranched alkanes of at least 4 members (excludes halogenated alkanes) is 1. The van der Waals surface area contributed by atoms with E-state index >= 15 is 0 Å². The van der Waals surface area contributed by atoms with E-state index < -0.39 is 108 Å². The number of para-hydroxylation sites is 1. The molecule has 0 unspecified atom stereocenters. The lowest BCUT2D eigenvalue weighted by atomic mass is 9.96. The summed E-state index contributed by atoms with van der Waals surface area (Å²) in [4.78, 5) is 128. The maximum atomic E-state index is 14.8. The molecule has 18 N–H and O–H groups in total. The number of carboxylic acids is 1. The van der Waals surface area contributed by atoms with Crippen molar-refractivity contribution >= 4 is 75.9 Å². The number of nitrogens with zero attached hydrogens (tertiary/aromatic N) is 5. The van der Waals surface area contributed by atoms with Crippen LogP contribution >= 0.6 is 11.8 Å². The smallest absolute Gasteiger partial charge is 0.326 e. The predicted molar refractivity (Wildman–Crippen MR) is 282 cm³/mol. The van der Waals surface area contributed by atoms with Gasteiger partial charge in [0.15, 0.2) is 5.96 Å². The third-order valence-corrected chi connectivity index (χ3v) is 13.5. The number of thioether (sulfide) groups is 1. The molecule has 0 fully saturated rings. The molecule has 0 aliphatic carbocycles. The van der Waals surface area contributed by atoms with Gasteiger partial charge < -0.3 is 75.2 Å². The first-order valence-corrected chi connectivity index (χ1v) is 26.6. The Balaban J connectivity index is 1.64. The van der Waals surface area contributed by atoms with E-state index in [2.05, 4.69) is 67.5 Å². The fraction of sp³-hybridized carbons (Fsp3) is 0.542. The van der Waals surface area contributed by atoms with Crippen LogP contribution in [-0.4, -0.2) is 162 Å². The average Bonchev–Trinajstić information content (AvgIpc) is 4.18. The van der Waals surface area contributed by atoms with Crippen LogP contribution in [0.25, 0.3) is 10.9 Å². The van der Waals surface area contributed by atoms with Crippen LogP contribution in [0.15, 0.2) is 54.2 Å². The number of amides is 7. The molecular weight excluding hydrogens is 1000 g/mol. The van der Waals surface area contributed by atoms with Gasteiger partial charge in [0, 0.05) is 61.0 Å². The Morgan fingerprint density at radius 3 is 2.32 bits per heavy atom. The lowest BCUT2D eigenvalue weighted by molar-refractivity contribution is -0.142. The van der Waals surface area contributed by atoms with Crippen molar-refractivity contribution in [2.45, 2.75) is 133 Å². The number of carbonyl (C=O) groups is 8. The Kier molecular flexibility index (Phi) is 23.0. The van der Waals surface area contributed by atoms with Crippen molar-refractivity contribution in [3.05, 3.63) is 66.1 Å². The number of H-pyrrole nitrogens is 2. The van der Waals surface area contributed by atoms with Crippen LogP contribution in [0.3, 0.4) is 0 Å². The van der Waals surface area contributed by atoms with Gasteiger partial charge in [0.05, 0.1) is 24.6 Å². The van der Waals surface area contributed by atoms with Gasteiger partial charge in [0.2, 0.25) is 41.4 Å². The minimum atomic E-state index is -1.54. The van der Waals surface area contributed by atoms with Gasteiger partial charge in [-0.3, -0.25) is 38.6 Å². The first-order chi connectivity index (χ1) is 36.4. The minimum absolute atomic E-state index is 0.0439. The number of aliphatic imine (C=N–C) groups is 1. The third kappa shape index (κ3) is 17.8. The SMILES string of the molecule is CC[C@@H](C)[C@H]1NC(=O)[C@H](Cc2cnc[nH]2)NC(=O)[C@@H](NC(=O)[C@@H](N)CCCCN)Cn2cc(nn2)C[C@@H](C(=O)N[C@@H](CCSC)C(=O)O)NC(=O)[C@H](Cc2c[nH]c3ccccc23)NC(=O)[C@H](CCCN=C(N)N)NC1=O. The second kappa shape index (κ2) is 29.5. The predicted octanol–water partition coefficient (Wildman–Crippen LogP) is -2.69. The number of rotatable bonds is 22. The van der Waals surface area contributed by atoms with Crippen LogP contribution in [0.2, 0.25) is 0 Å². The number of guanidine groups is 1. The van der Waals surface area contributed by atoms with Gasteiger partial charge in [-0.2, -0.15) is 11.8 Å². The number of aromatic nitrogens is 6. The van der Waals surface area contributed by atoms with Gasteiger partial charge in [-0.1, -0.05) is 50.1 Å². The summed E-state index contributed by atoms with van der Waals surface area (Å²) in [7, 11) is 0. The van der Waals surface area contributed by atoms with Crippen LogP contribution in [0.1, 0.15) is 75.7 Å². The number of carbonyl (C=O) groups excluding carboxylic acids is 7. The van der Waals surface area contributed by atoms with Gasteiger partial charge in [-0.25, -0.2) is 14.5 Å². The summed E-state index contributed by atoms with van der Waals surface area (Å²) in [6.07, 6.45) is 8.84. The molecule has 27 nitrogen and oxygen atoms in total. The summed E-state index contributed by atoms with van der Waals surface area (Å²) in [6, 6.07) is -3.65. The van der Waals surface area contributed by atoms with Crippen molar-refractivity contribution in [3.63, 3.8) is 0 Å². The van der Waals surface area contributed by atoms with Crippen LogP contribution in [0.4, 0.5) is 0 Å². The van der Waals surface area contributed by atoms with Crippen LogP contribution < -0.4 is 60.2 Å². The summed E-state index contributed by atoms with van der Waals surface area (Å²) >= 11 is 1.37. The van der Waals surface area contributed by atoms with Gasteiger partial charge in [0.25, 0.3) is 0 Å². The molecule has 5 rings (SSSR count). The van der Waals surface area contributed by atoms with Crippen LogP contribution in [0, 0.1) is 5.92 Å². The summed E-state index contributed by atoms with van der Waals surface area (Å²) in [5.74, 6) is -7.42. The Bertz CT molecular complexity index is 2620. The second-order valence-corrected chi connectivity index (χ2v) is 19.7. The van der Waals surface area contributed by atoms with E-state index in [0.717, 1.165) is 10.9 Å². The van der Waals surface area contributed by atoms with E-state index in [0.29, 0.717) is 42.8 Å². The molecule has 3 aromatic heterocycles. The largest absolute Gasteiger partial charge is 0.480 e. The van der Waals surface area contributed by atoms with Gasteiger partial charge in [-0.05, 0) is 68.2 Å². The first kappa shape index (κ1) is 59.3. The molecule has 9 atom stereocenters. The number of benzene rings is 1. The number of fused-ring (bicyclic) bond motifs is 3. The maximum absolute atomic E-state index is 14.8. The third-order valence-electron chi connectivity index (χ3n) is 12.9. The number of carboxylic acid groups (broad SMARTS) is 1. The highest BCUT2D eigenvalue weighted by molar-refractivity contribution is 7.98. The number of hydrogen-bond acceptors (Lipinski definition) is 15. The van der Waals surface area contributed by atoms with Gasteiger partial charge >= 0.3 is 5.97 Å². The average molecular weight is 1080 g/mol. The molecule has 28 heteroatoms. The number of nitrogens with two attached hydrogens (primary N) is 4. The lowest BCUT2D eigenvalue weighted by Gasteiger charge is -2.29. The van der Waals surface area contributed by atoms with E-state index in [-0.39, 0.29) is 63.1 Å². The van der Waals surface area contributed by atoms with Crippen molar-refractivity contribution in [2.75, 3.05) is 25.1 Å². The fourth-order valence-corrected chi connectivity index (χ4v) is 8.84. The van der Waals surface area contributed by atoms with Gasteiger partial charge in [0.1, 0.15) is 42.3 Å². The zero-order valence-electron chi connectivity index (χ0n) is 42.9. The van der Waals surface area contributed by atoms with E-state index in [1.807, 2.05) is 18.2 Å². The molecule has 4 heterocycles. The summed E-state index contributed by atoms with van der Waals surface area (Å²) in [5.41, 5.74) is 24.9. The maximum Gasteiger partial charge on any atom is 0.326 e. The lowest BCUT2D eigenvalue weighted by Crippen LogP contribution is -2.61. The molecule has 0 spiro atoms. The van der Waals surface area contributed by atoms with E-state index in [4.69, 9.17) is 22.9 Å². The van der Waals surface area contributed by atoms with Crippen molar-refractivity contribution < 1.29 is 43.5 Å². The molecule has 0 saturated carbocycles. The Morgan fingerprint density at radius 1 is 0.908 bits per heavy atom. The molecule has 76 heavy (non-hydrogen) atoms. The number of aromatic amines is 2. The molecular formula is C48H72N18O9S. The van der Waals surface area contributed by atoms with Crippen molar-refractivity contribution in [2.24, 2.45) is 33.8 Å². The number of nitrogens with one attached hydrogen (secondary N) is 9. The molecule has 1 aliphatic heterocycles. The summed E-state index contributed by atoms with van der Waals surface area (Å²) in [6.45, 7) is 3.55. The number of hydrogen-bond donors (Lipinski definition) is 14. The second-order valence-electron chi connectivity index (χ2n) is 18.7. The van der Waals surface area contributed by atoms with Gasteiger partial charge in [-0.15, -0.1) is 5.10 Å². The molecule has 7 amide bonds. The van der Waals surface area contributed by atoms with Crippen molar-refractivity contribution in [3.8, 4) is 0 Å². The Morgan fingerprint density at radius 2 is 1.62 bits per heavy atom. The van der Waals surface area contributed by atoms with E-state index in [1.165, 1.54) is 35.2 Å². The zero-order chi connectivity index (χ0) is 55.3. The normalized spacial score (nSPS) is 21.3. The number of aliphatic carboxylic acids is 1. The quantitative estimate of drug-likeness (QED) is 0.0216. The number of imidazole rings is 1. The highest BCUT2D eigenvalue weighted by Crippen LogP contribution is 2.20. The molecule has 1 aliphatic rings. The topological polar surface area (TPSA) is 433 Å². The summed E-state index contributed by atoms with van der Waals surface area (Å²) in [5, 5.41) is 38.2. The van der Waals surface area contributed by atoms with E-state index in [1.54, 1.807) is 32.4 Å². The van der Waals surface area contributed by atoms with Crippen molar-refractivity contribution in [1.82, 2.24) is 67.2 Å². The van der Waals surface area contributed by atoms with Crippen LogP contribution in [-0.2, 0) is 64.2 Å². The standard InChI is InChI=1S/C48H72N18O9S/c1-4-26(2)39-46(73)57-33(13-9-16-54-48(51)52)41(68)59-35(18-27-21-55-32-12-6-5-10-30(27)32)42(69)60-37(43(70)58-34(47(74)75)14-17-76-3)20-29-23-66(65-64-29)24-38(62-40(67)31(50)11-7-8-15-49)45(72)61-36(44(71)63-39)19-28-22-53-25-56-28/h5-6,10,12,21-23,25-26,31,33-39,55H,4,7-9,11,13-20,24,49-50H2,1-3H3,(H,53,56)(H,57,73)(H,58,70)(H,59,68)(H,60,69)(H,61,72)(H,62,67)(H,63,71)(H,74,75)(H4,51,52,54)/t26-,31+,33+,34+,35+,36+,37+,38+,39-/m1/s1. The minimum Gasteiger partial charge on any atom is -0.480 e. The Labute approximate surface area is 443 Å². The zero-order valence-corrected chi connectivity index (χ0v) is 43.7. The van der Waals surface area contributed by atoms with Crippen molar-refractivity contribution in [1.29, 1.82) is 0 Å². The highest BCUT2D eigenvalue weighted by Gasteiger charge is 2.37. The fourth-order valence-electron chi connectivity index (χ4n) is 8.37.